The topological polar surface area (TPSA) is 59.1 Å². The summed E-state index contributed by atoms with van der Waals surface area (Å²) in [7, 11) is 5.08. The molecule has 8 heteroatoms. The number of nitrogens with zero attached hydrogens (tertiary/aromatic N) is 2. The molecule has 0 saturated carbocycles. The highest BCUT2D eigenvalue weighted by atomic mass is 16.6. The van der Waals surface area contributed by atoms with E-state index in [2.05, 4.69) is 149 Å². The van der Waals surface area contributed by atoms with Gasteiger partial charge in [-0.3, -0.25) is 19.4 Å². The average molecular weight is 887 g/mol. The number of carbonyl (C=O) groups excluding carboxylic acids is 2. The van der Waals surface area contributed by atoms with Crippen molar-refractivity contribution in [2.45, 2.75) is 169 Å². The van der Waals surface area contributed by atoms with Gasteiger partial charge in [0.2, 0.25) is 0 Å². The molecular formula is C58H76B2N2O4. The van der Waals surface area contributed by atoms with E-state index in [-0.39, 0.29) is 11.9 Å². The van der Waals surface area contributed by atoms with Crippen molar-refractivity contribution < 1.29 is 19.1 Å². The van der Waals surface area contributed by atoms with Gasteiger partial charge in [0.15, 0.2) is 0 Å². The van der Waals surface area contributed by atoms with Crippen LogP contribution in [0.4, 0.5) is 0 Å². The highest BCUT2D eigenvalue weighted by Crippen LogP contribution is 2.42. The molecule has 2 unspecified atom stereocenters. The Morgan fingerprint density at radius 2 is 0.864 bits per heavy atom. The van der Waals surface area contributed by atoms with E-state index in [9.17, 15) is 9.59 Å². The van der Waals surface area contributed by atoms with E-state index in [1.165, 1.54) is 67.8 Å². The zero-order valence-corrected chi connectivity index (χ0v) is 42.0. The van der Waals surface area contributed by atoms with Crippen LogP contribution in [0.2, 0.25) is 12.6 Å². The molecule has 0 aromatic heterocycles. The molecule has 6 nitrogen and oxygen atoms in total. The minimum absolute atomic E-state index is 0.174. The largest absolute Gasteiger partial charge is 0.460 e. The quantitative estimate of drug-likeness (QED) is 0.0559. The van der Waals surface area contributed by atoms with Crippen LogP contribution in [0.5, 0.6) is 0 Å². The normalized spacial score (nSPS) is 18.5. The van der Waals surface area contributed by atoms with Crippen LogP contribution in [0, 0.1) is 10.8 Å². The molecule has 2 aliphatic rings. The summed E-state index contributed by atoms with van der Waals surface area (Å²) in [6, 6.07) is 35.7. The standard InChI is InChI=1S/C58H76B2N2O4/c1-55(2,3)65-53(63)29-33-61(35-41-19-11-13-21-43(41)51-27-31-57(7,8)39-59-51)37-49-45-23-15-17-25-47(45)50(48-26-18-16-24-46(48)49)38-62(34-30-54(64)66-56(4,5)6)36-42-20-12-14-22-44(42)52-28-32-58(9,10)40-60-52/h11-26,51-52H,27-40H2,1-10H3. The van der Waals surface area contributed by atoms with Crippen molar-refractivity contribution in [3.63, 3.8) is 0 Å². The molecule has 2 heterocycles. The zero-order valence-electron chi connectivity index (χ0n) is 42.0. The lowest BCUT2D eigenvalue weighted by Crippen LogP contribution is -2.31. The molecule has 66 heavy (non-hydrogen) atoms. The summed E-state index contributed by atoms with van der Waals surface area (Å²) < 4.78 is 11.7. The third-order valence-corrected chi connectivity index (χ3v) is 13.9. The van der Waals surface area contributed by atoms with Crippen LogP contribution in [0.25, 0.3) is 21.5 Å². The van der Waals surface area contributed by atoms with Gasteiger partial charge < -0.3 is 9.47 Å². The van der Waals surface area contributed by atoms with Gasteiger partial charge >= 0.3 is 11.9 Å². The van der Waals surface area contributed by atoms with E-state index in [1.54, 1.807) is 0 Å². The van der Waals surface area contributed by atoms with Gasteiger partial charge in [-0.15, -0.1) is 0 Å². The molecule has 0 N–H and O–H groups in total. The number of hydrogen-bond acceptors (Lipinski definition) is 6. The molecular weight excluding hydrogens is 810 g/mol. The number of ether oxygens (including phenoxy) is 2. The molecule has 0 bridgehead atoms. The summed E-state index contributed by atoms with van der Waals surface area (Å²) in [5, 5.41) is 4.88. The van der Waals surface area contributed by atoms with E-state index in [0.29, 0.717) is 61.5 Å². The fourth-order valence-corrected chi connectivity index (χ4v) is 10.4. The predicted molar refractivity (Wildman–Crippen MR) is 276 cm³/mol. The lowest BCUT2D eigenvalue weighted by atomic mass is 9.47. The molecule has 0 aliphatic carbocycles. The van der Waals surface area contributed by atoms with Crippen LogP contribution in [0.15, 0.2) is 97.1 Å². The minimum Gasteiger partial charge on any atom is -0.460 e. The van der Waals surface area contributed by atoms with E-state index in [4.69, 9.17) is 9.47 Å². The highest BCUT2D eigenvalue weighted by molar-refractivity contribution is 6.38. The Balaban J connectivity index is 1.26. The molecule has 2 radical (unpaired) electrons. The van der Waals surface area contributed by atoms with Crippen molar-refractivity contribution in [1.29, 1.82) is 0 Å². The summed E-state index contributed by atoms with van der Waals surface area (Å²) in [6.07, 6.45) is 7.55. The number of hydrogen-bond donors (Lipinski definition) is 0. The number of carbonyl (C=O) groups is 2. The van der Waals surface area contributed by atoms with Crippen LogP contribution in [-0.4, -0.2) is 60.6 Å². The Hall–Kier alpha value is -4.39. The predicted octanol–water partition coefficient (Wildman–Crippen LogP) is 13.4. The van der Waals surface area contributed by atoms with Gasteiger partial charge in [0.1, 0.15) is 25.8 Å². The summed E-state index contributed by atoms with van der Waals surface area (Å²) in [5.74, 6) is 0.487. The van der Waals surface area contributed by atoms with Crippen molar-refractivity contribution in [2.24, 2.45) is 10.8 Å². The van der Waals surface area contributed by atoms with Crippen molar-refractivity contribution in [3.8, 4) is 0 Å². The first-order chi connectivity index (χ1) is 31.2. The zero-order chi connectivity index (χ0) is 47.3. The maximum absolute atomic E-state index is 13.4. The van der Waals surface area contributed by atoms with Crippen LogP contribution in [0.3, 0.4) is 0 Å². The molecule has 0 amide bonds. The maximum atomic E-state index is 13.4. The van der Waals surface area contributed by atoms with Gasteiger partial charge in [0.25, 0.3) is 0 Å². The van der Waals surface area contributed by atoms with Crippen LogP contribution in [0.1, 0.15) is 153 Å². The maximum Gasteiger partial charge on any atom is 0.307 e. The molecule has 7 rings (SSSR count). The number of rotatable bonds is 16. The fraction of sp³-hybridized carbons (Fsp3) is 0.517. The SMILES string of the molecule is CC1(C)C[B]C(c2ccccc2CN(CCC(=O)OC(C)(C)C)Cc2c3ccccc3c(CN(CCC(=O)OC(C)(C)C)Cc3ccccc3C3[B]CC(C)(C)CC3)c3ccccc23)CC1. The van der Waals surface area contributed by atoms with E-state index in [1.807, 2.05) is 41.5 Å². The van der Waals surface area contributed by atoms with E-state index < -0.39 is 11.2 Å². The van der Waals surface area contributed by atoms with Crippen molar-refractivity contribution in [1.82, 2.24) is 9.80 Å². The first-order valence-corrected chi connectivity index (χ1v) is 24.8. The molecule has 2 saturated heterocycles. The van der Waals surface area contributed by atoms with Crippen molar-refractivity contribution in [3.05, 3.63) is 130 Å². The van der Waals surface area contributed by atoms with Gasteiger partial charge in [-0.1, -0.05) is 150 Å². The number of esters is 2. The van der Waals surface area contributed by atoms with Gasteiger partial charge in [-0.05, 0) is 132 Å². The Bertz CT molecular complexity index is 2220. The van der Waals surface area contributed by atoms with Crippen molar-refractivity contribution in [2.75, 3.05) is 13.1 Å². The second-order valence-corrected chi connectivity index (χ2v) is 23.0. The van der Waals surface area contributed by atoms with Crippen LogP contribution < -0.4 is 0 Å². The first-order valence-electron chi connectivity index (χ1n) is 24.8. The molecule has 5 aromatic carbocycles. The summed E-state index contributed by atoms with van der Waals surface area (Å²) in [4.78, 5) is 31.7. The van der Waals surface area contributed by atoms with Crippen LogP contribution in [-0.2, 0) is 45.2 Å². The lowest BCUT2D eigenvalue weighted by molar-refractivity contribution is -0.156. The molecule has 348 valence electrons. The third-order valence-electron chi connectivity index (χ3n) is 13.9. The molecule has 2 aliphatic heterocycles. The lowest BCUT2D eigenvalue weighted by Gasteiger charge is -2.35. The summed E-state index contributed by atoms with van der Waals surface area (Å²) in [6.45, 7) is 25.1. The Labute approximate surface area is 399 Å². The molecule has 5 aromatic rings. The van der Waals surface area contributed by atoms with Crippen LogP contribution >= 0.6 is 0 Å². The summed E-state index contributed by atoms with van der Waals surface area (Å²) in [5.41, 5.74) is 7.56. The Morgan fingerprint density at radius 3 is 1.18 bits per heavy atom. The second kappa shape index (κ2) is 20.9. The minimum atomic E-state index is -0.546. The van der Waals surface area contributed by atoms with Gasteiger partial charge in [-0.25, -0.2) is 0 Å². The second-order valence-electron chi connectivity index (χ2n) is 23.0. The van der Waals surface area contributed by atoms with Gasteiger partial charge in [0, 0.05) is 39.3 Å². The van der Waals surface area contributed by atoms with Gasteiger partial charge in [-0.2, -0.15) is 0 Å². The highest BCUT2D eigenvalue weighted by Gasteiger charge is 2.32. The van der Waals surface area contributed by atoms with Gasteiger partial charge in [0.05, 0.1) is 12.8 Å². The number of fused-ring (bicyclic) bond motifs is 2. The molecule has 2 fully saturated rings. The summed E-state index contributed by atoms with van der Waals surface area (Å²) >= 11 is 0. The third kappa shape index (κ3) is 13.4. The molecule has 0 spiro atoms. The van der Waals surface area contributed by atoms with E-state index >= 15 is 0 Å². The Morgan fingerprint density at radius 1 is 0.530 bits per heavy atom. The average Bonchev–Trinajstić information content (AvgIpc) is 3.25. The number of benzene rings is 5. The Kier molecular flexibility index (Phi) is 15.6. The van der Waals surface area contributed by atoms with Crippen molar-refractivity contribution >= 4 is 48.0 Å². The monoisotopic (exact) mass is 887 g/mol. The first kappa shape index (κ1) is 49.5. The van der Waals surface area contributed by atoms with E-state index in [0.717, 1.165) is 38.6 Å². The molecule has 2 atom stereocenters. The smallest absolute Gasteiger partial charge is 0.307 e. The fourth-order valence-electron chi connectivity index (χ4n) is 10.4.